The van der Waals surface area contributed by atoms with Gasteiger partial charge >= 0.3 is 0 Å². The van der Waals surface area contributed by atoms with E-state index in [1.165, 1.54) is 54.7 Å². The predicted octanol–water partition coefficient (Wildman–Crippen LogP) is 4.48. The number of nitrogens with zero attached hydrogens (tertiary/aromatic N) is 1. The maximum Gasteiger partial charge on any atom is 0.241 e. The molecule has 0 saturated heterocycles. The Kier molecular flexibility index (Phi) is 9.17. The molecule has 0 fully saturated rings. The fourth-order valence-corrected chi connectivity index (χ4v) is 6.75. The lowest BCUT2D eigenvalue weighted by Crippen LogP contribution is -2.36. The number of hydrogen-bond acceptors (Lipinski definition) is 6. The number of amides is 1. The number of nitrogens with one attached hydrogen (secondary N) is 2. The molecule has 1 unspecified atom stereocenters. The van der Waals surface area contributed by atoms with Gasteiger partial charge in [-0.3, -0.25) is 9.78 Å². The van der Waals surface area contributed by atoms with E-state index in [1.807, 2.05) is 6.92 Å². The molecule has 2 N–H and O–H groups in total. The van der Waals surface area contributed by atoms with Crippen LogP contribution in [-0.2, 0) is 31.2 Å². The standard InChI is InChI=1S/C28H24ClF2N3O5S2/c1-18-2-8-23(9-3-18)41(38,39)34-17-27(35)33-16-19-4-13-26(32-15-19)28(24-14-21(30)7-12-25(24)31)40(36,37)22-10-5-20(29)6-11-22/h2-15,28,34H,16-17H2,1H3,(H,33,35). The maximum absolute atomic E-state index is 14.8. The van der Waals surface area contributed by atoms with Crippen molar-refractivity contribution in [1.82, 2.24) is 15.0 Å². The maximum atomic E-state index is 14.8. The van der Waals surface area contributed by atoms with Crippen LogP contribution >= 0.6 is 11.6 Å². The van der Waals surface area contributed by atoms with Crippen LogP contribution < -0.4 is 10.0 Å². The van der Waals surface area contributed by atoms with Crippen molar-refractivity contribution in [1.29, 1.82) is 0 Å². The van der Waals surface area contributed by atoms with E-state index < -0.39 is 54.8 Å². The third-order valence-electron chi connectivity index (χ3n) is 6.05. The van der Waals surface area contributed by atoms with Gasteiger partial charge in [0.2, 0.25) is 15.9 Å². The molecule has 0 aliphatic heterocycles. The van der Waals surface area contributed by atoms with Crippen LogP contribution in [0.4, 0.5) is 8.78 Å². The van der Waals surface area contributed by atoms with E-state index in [1.54, 1.807) is 12.1 Å². The topological polar surface area (TPSA) is 122 Å². The molecule has 0 saturated carbocycles. The molecule has 1 atom stereocenters. The molecule has 0 spiro atoms. The molecule has 1 aromatic heterocycles. The van der Waals surface area contributed by atoms with Crippen molar-refractivity contribution in [3.63, 3.8) is 0 Å². The average molecular weight is 620 g/mol. The van der Waals surface area contributed by atoms with Gasteiger partial charge in [0, 0.05) is 23.3 Å². The van der Waals surface area contributed by atoms with E-state index in [-0.39, 0.29) is 22.0 Å². The Bertz CT molecular complexity index is 1770. The number of carbonyl (C=O) groups excluding carboxylic acids is 1. The molecule has 4 aromatic rings. The van der Waals surface area contributed by atoms with E-state index in [9.17, 15) is 30.4 Å². The lowest BCUT2D eigenvalue weighted by atomic mass is 10.1. The molecule has 1 heterocycles. The molecule has 0 bridgehead atoms. The lowest BCUT2D eigenvalue weighted by molar-refractivity contribution is -0.120. The third-order valence-corrected chi connectivity index (χ3v) is 9.77. The van der Waals surface area contributed by atoms with Gasteiger partial charge in [0.1, 0.15) is 16.9 Å². The van der Waals surface area contributed by atoms with Gasteiger partial charge in [0.15, 0.2) is 9.84 Å². The van der Waals surface area contributed by atoms with Crippen molar-refractivity contribution in [2.75, 3.05) is 6.54 Å². The fraction of sp³-hybridized carbons (Fsp3) is 0.143. The number of sulfone groups is 1. The largest absolute Gasteiger partial charge is 0.351 e. The van der Waals surface area contributed by atoms with Crippen LogP contribution in [0.25, 0.3) is 0 Å². The smallest absolute Gasteiger partial charge is 0.241 e. The van der Waals surface area contributed by atoms with Gasteiger partial charge in [0.05, 0.1) is 22.0 Å². The molecule has 4 rings (SSSR count). The van der Waals surface area contributed by atoms with Crippen molar-refractivity contribution in [3.05, 3.63) is 124 Å². The second kappa shape index (κ2) is 12.4. The number of aryl methyl sites for hydroxylation is 1. The highest BCUT2D eigenvalue weighted by Gasteiger charge is 2.34. The number of sulfonamides is 1. The van der Waals surface area contributed by atoms with E-state index in [0.717, 1.165) is 23.8 Å². The molecule has 0 aliphatic carbocycles. The number of carbonyl (C=O) groups is 1. The first kappa shape index (κ1) is 30.3. The molecular formula is C28H24ClF2N3O5S2. The van der Waals surface area contributed by atoms with Gasteiger partial charge in [-0.2, -0.15) is 0 Å². The second-order valence-corrected chi connectivity index (χ2v) is 13.3. The lowest BCUT2D eigenvalue weighted by Gasteiger charge is -2.19. The van der Waals surface area contributed by atoms with Crippen molar-refractivity contribution >= 4 is 37.4 Å². The number of benzene rings is 3. The van der Waals surface area contributed by atoms with Crippen molar-refractivity contribution in [3.8, 4) is 0 Å². The second-order valence-electron chi connectivity index (χ2n) is 9.05. The first-order chi connectivity index (χ1) is 19.4. The van der Waals surface area contributed by atoms with Crippen molar-refractivity contribution in [2.24, 2.45) is 0 Å². The van der Waals surface area contributed by atoms with Crippen LogP contribution in [0, 0.1) is 18.6 Å². The van der Waals surface area contributed by atoms with Crippen LogP contribution in [0.5, 0.6) is 0 Å². The van der Waals surface area contributed by atoms with E-state index in [2.05, 4.69) is 15.0 Å². The number of aromatic nitrogens is 1. The van der Waals surface area contributed by atoms with Gasteiger partial charge in [-0.1, -0.05) is 35.4 Å². The quantitative estimate of drug-likeness (QED) is 0.270. The fourth-order valence-electron chi connectivity index (χ4n) is 3.88. The zero-order chi connectivity index (χ0) is 29.8. The highest BCUT2D eigenvalue weighted by atomic mass is 35.5. The monoisotopic (exact) mass is 619 g/mol. The van der Waals surface area contributed by atoms with E-state index >= 15 is 0 Å². The number of hydrogen-bond donors (Lipinski definition) is 2. The Morgan fingerprint density at radius 3 is 2.20 bits per heavy atom. The number of halogens is 3. The van der Waals surface area contributed by atoms with Gasteiger partial charge < -0.3 is 5.32 Å². The summed E-state index contributed by atoms with van der Waals surface area (Å²) >= 11 is 5.89. The molecule has 0 radical (unpaired) electrons. The molecule has 13 heteroatoms. The minimum Gasteiger partial charge on any atom is -0.351 e. The van der Waals surface area contributed by atoms with Gasteiger partial charge in [-0.05, 0) is 73.2 Å². The van der Waals surface area contributed by atoms with Crippen LogP contribution in [0.2, 0.25) is 5.02 Å². The summed E-state index contributed by atoms with van der Waals surface area (Å²) in [5.41, 5.74) is 0.835. The average Bonchev–Trinajstić information content (AvgIpc) is 2.94. The van der Waals surface area contributed by atoms with Crippen LogP contribution in [0.15, 0.2) is 94.9 Å². The molecule has 8 nitrogen and oxygen atoms in total. The minimum absolute atomic E-state index is 0.0218. The highest BCUT2D eigenvalue weighted by molar-refractivity contribution is 7.92. The number of rotatable bonds is 10. The number of pyridine rings is 1. The summed E-state index contributed by atoms with van der Waals surface area (Å²) in [5, 5.41) is 1.16. The molecule has 1 amide bonds. The first-order valence-corrected chi connectivity index (χ1v) is 15.5. The van der Waals surface area contributed by atoms with Crippen LogP contribution in [0.1, 0.15) is 27.6 Å². The zero-order valence-electron chi connectivity index (χ0n) is 21.5. The normalized spacial score (nSPS) is 12.6. The Hall–Kier alpha value is -3.71. The summed E-state index contributed by atoms with van der Waals surface area (Å²) in [6.07, 6.45) is 1.29. The zero-order valence-corrected chi connectivity index (χ0v) is 23.9. The summed E-state index contributed by atoms with van der Waals surface area (Å²) in [4.78, 5) is 16.3. The van der Waals surface area contributed by atoms with Gasteiger partial charge in [0.25, 0.3) is 0 Å². The minimum atomic E-state index is -4.31. The van der Waals surface area contributed by atoms with Crippen LogP contribution in [-0.4, -0.2) is 34.3 Å². The summed E-state index contributed by atoms with van der Waals surface area (Å²) in [6, 6.07) is 16.7. The summed E-state index contributed by atoms with van der Waals surface area (Å²) < 4.78 is 83.1. The molecule has 41 heavy (non-hydrogen) atoms. The molecule has 3 aromatic carbocycles. The third kappa shape index (κ3) is 7.33. The summed E-state index contributed by atoms with van der Waals surface area (Å²) in [6.45, 7) is 1.25. The molecule has 0 aliphatic rings. The van der Waals surface area contributed by atoms with Gasteiger partial charge in [-0.15, -0.1) is 0 Å². The predicted molar refractivity (Wildman–Crippen MR) is 149 cm³/mol. The summed E-state index contributed by atoms with van der Waals surface area (Å²) in [7, 11) is -8.20. The Morgan fingerprint density at radius 1 is 0.902 bits per heavy atom. The molecule has 214 valence electrons. The molecular weight excluding hydrogens is 596 g/mol. The van der Waals surface area contributed by atoms with Crippen molar-refractivity contribution in [2.45, 2.75) is 28.5 Å². The Labute approximate surface area is 241 Å². The summed E-state index contributed by atoms with van der Waals surface area (Å²) in [5.74, 6) is -2.37. The Balaban J connectivity index is 1.50. The van der Waals surface area contributed by atoms with Crippen molar-refractivity contribution < 1.29 is 30.4 Å². The Morgan fingerprint density at radius 2 is 1.56 bits per heavy atom. The first-order valence-electron chi connectivity index (χ1n) is 12.1. The van der Waals surface area contributed by atoms with Crippen LogP contribution in [0.3, 0.4) is 0 Å². The highest BCUT2D eigenvalue weighted by Crippen LogP contribution is 2.36. The van der Waals surface area contributed by atoms with Gasteiger partial charge in [-0.25, -0.2) is 30.3 Å². The SMILES string of the molecule is Cc1ccc(S(=O)(=O)NCC(=O)NCc2ccc(C(c3cc(F)ccc3F)S(=O)(=O)c3ccc(Cl)cc3)nc2)cc1. The van der Waals surface area contributed by atoms with E-state index in [4.69, 9.17) is 11.6 Å². The van der Waals surface area contributed by atoms with E-state index in [0.29, 0.717) is 10.6 Å².